The lowest BCUT2D eigenvalue weighted by Crippen LogP contribution is -2.79. The molecule has 4 aliphatic carbocycles. The molecule has 7 rings (SSSR count). The quantitative estimate of drug-likeness (QED) is 0.392. The van der Waals surface area contributed by atoms with Crippen LogP contribution in [0.4, 0.5) is 17.6 Å². The van der Waals surface area contributed by atoms with Crippen molar-refractivity contribution in [1.82, 2.24) is 14.9 Å². The highest BCUT2D eigenvalue weighted by atomic mass is 32.2. The van der Waals surface area contributed by atoms with Gasteiger partial charge in [0, 0.05) is 23.5 Å². The summed E-state index contributed by atoms with van der Waals surface area (Å²) in [6.45, 7) is 4.00. The van der Waals surface area contributed by atoms with E-state index in [-0.39, 0.29) is 29.9 Å². The second-order valence-electron chi connectivity index (χ2n) is 12.8. The molecule has 2 N–H and O–H groups in total. The van der Waals surface area contributed by atoms with Gasteiger partial charge in [-0.3, -0.25) is 9.79 Å². The van der Waals surface area contributed by atoms with E-state index in [1.165, 1.54) is 35.0 Å². The van der Waals surface area contributed by atoms with Gasteiger partial charge >= 0.3 is 6.18 Å². The van der Waals surface area contributed by atoms with E-state index in [0.29, 0.717) is 36.6 Å². The zero-order chi connectivity index (χ0) is 30.1. The molecule has 2 aromatic carbocycles. The van der Waals surface area contributed by atoms with Gasteiger partial charge in [-0.25, -0.2) is 12.8 Å². The van der Waals surface area contributed by atoms with Crippen LogP contribution in [-0.4, -0.2) is 48.1 Å². The number of carbonyl (C=O) groups excluding carboxylic acids is 1. The normalized spacial score (nSPS) is 29.5. The van der Waals surface area contributed by atoms with Crippen molar-refractivity contribution in [2.24, 2.45) is 16.3 Å². The minimum Gasteiger partial charge on any atom is -0.358 e. The van der Waals surface area contributed by atoms with Crippen LogP contribution in [0.15, 0.2) is 58.4 Å². The molecule has 1 unspecified atom stereocenters. The van der Waals surface area contributed by atoms with Gasteiger partial charge in [-0.15, -0.1) is 0 Å². The number of rotatable bonds is 9. The molecule has 2 bridgehead atoms. The summed E-state index contributed by atoms with van der Waals surface area (Å²) in [7, 11) is -4.12. The maximum atomic E-state index is 13.9. The number of halogens is 4. The monoisotopic (exact) mass is 606 g/mol. The van der Waals surface area contributed by atoms with Gasteiger partial charge in [-0.2, -0.15) is 17.5 Å². The van der Waals surface area contributed by atoms with Crippen molar-refractivity contribution in [3.8, 4) is 0 Å². The summed E-state index contributed by atoms with van der Waals surface area (Å²) in [5, 5.41) is 6.49. The standard InChI is InChI=1S/C30H34F4N4O3S/c1-19(21-4-3-5-21)36-26(39)27(2)18-35-25(37-27)28-15-29(16-28,17-28)38(42(40,41)24-12-10-23(31)11-13-24)14-20-6-8-22(9-7-20)30(32,33)34/h6-13,19,21H,3-5,14-18H2,1-2H3,(H,35,37)(H,36,39)/t19?,27-,28?,29?/m1/s1. The van der Waals surface area contributed by atoms with E-state index in [2.05, 4.69) is 10.6 Å². The van der Waals surface area contributed by atoms with E-state index in [1.807, 2.05) is 13.8 Å². The third-order valence-corrected chi connectivity index (χ3v) is 11.7. The molecule has 0 spiro atoms. The first-order valence-electron chi connectivity index (χ1n) is 14.2. The molecule has 0 radical (unpaired) electrons. The summed E-state index contributed by atoms with van der Waals surface area (Å²) < 4.78 is 82.0. The number of aliphatic imine (C=N–C) groups is 1. The molecule has 42 heavy (non-hydrogen) atoms. The Morgan fingerprint density at radius 2 is 1.71 bits per heavy atom. The topological polar surface area (TPSA) is 90.9 Å². The predicted octanol–water partition coefficient (Wildman–Crippen LogP) is 5.02. The fourth-order valence-electron chi connectivity index (χ4n) is 6.89. The zero-order valence-electron chi connectivity index (χ0n) is 23.5. The van der Waals surface area contributed by atoms with Crippen molar-refractivity contribution in [1.29, 1.82) is 0 Å². The Morgan fingerprint density at radius 1 is 1.10 bits per heavy atom. The predicted molar refractivity (Wildman–Crippen MR) is 148 cm³/mol. The van der Waals surface area contributed by atoms with Gasteiger partial charge in [0.15, 0.2) is 0 Å². The van der Waals surface area contributed by atoms with Gasteiger partial charge in [0.1, 0.15) is 17.2 Å². The number of amides is 1. The minimum atomic E-state index is -4.51. The highest BCUT2D eigenvalue weighted by Gasteiger charge is 2.75. The van der Waals surface area contributed by atoms with E-state index in [0.717, 1.165) is 37.1 Å². The number of benzene rings is 2. The molecule has 0 saturated heterocycles. The number of sulfonamides is 1. The molecule has 2 atom stereocenters. The summed E-state index contributed by atoms with van der Waals surface area (Å²) in [5.41, 5.74) is -2.46. The first-order chi connectivity index (χ1) is 19.7. The molecule has 7 nitrogen and oxygen atoms in total. The number of hydrogen-bond acceptors (Lipinski definition) is 5. The molecule has 4 fully saturated rings. The Kier molecular flexibility index (Phi) is 6.77. The molecule has 12 heteroatoms. The summed E-state index contributed by atoms with van der Waals surface area (Å²) in [6, 6.07) is 9.08. The lowest BCUT2D eigenvalue weighted by atomic mass is 9.38. The minimum absolute atomic E-state index is 0.0857. The Labute approximate surface area is 242 Å². The van der Waals surface area contributed by atoms with Crippen LogP contribution in [0.5, 0.6) is 0 Å². The van der Waals surface area contributed by atoms with Crippen molar-refractivity contribution in [3.05, 3.63) is 65.5 Å². The molecule has 2 aromatic rings. The maximum Gasteiger partial charge on any atom is 0.416 e. The van der Waals surface area contributed by atoms with Crippen molar-refractivity contribution in [2.75, 3.05) is 6.54 Å². The average Bonchev–Trinajstić information content (AvgIpc) is 3.24. The van der Waals surface area contributed by atoms with Crippen molar-refractivity contribution in [2.45, 2.75) is 87.1 Å². The smallest absolute Gasteiger partial charge is 0.358 e. The first kappa shape index (κ1) is 29.1. The first-order valence-corrected chi connectivity index (χ1v) is 15.7. The number of alkyl halides is 3. The van der Waals surface area contributed by atoms with E-state index in [9.17, 15) is 30.8 Å². The fourth-order valence-corrected chi connectivity index (χ4v) is 8.64. The summed E-state index contributed by atoms with van der Waals surface area (Å²) in [6.07, 6.45) is 0.291. The van der Waals surface area contributed by atoms with E-state index in [1.54, 1.807) is 0 Å². The number of nitrogens with one attached hydrogen (secondary N) is 2. The number of amidine groups is 1. The van der Waals surface area contributed by atoms with E-state index in [4.69, 9.17) is 4.99 Å². The lowest BCUT2D eigenvalue weighted by Gasteiger charge is -2.73. The van der Waals surface area contributed by atoms with E-state index < -0.39 is 44.1 Å². The Morgan fingerprint density at radius 3 is 2.26 bits per heavy atom. The number of hydrogen-bond donors (Lipinski definition) is 2. The molecule has 4 saturated carbocycles. The highest BCUT2D eigenvalue weighted by molar-refractivity contribution is 7.89. The van der Waals surface area contributed by atoms with Gasteiger partial charge in [-0.1, -0.05) is 18.6 Å². The SMILES string of the molecule is CC(NC(=O)[C@@]1(C)CN=C(C23CC(N(Cc4ccc(C(F)(F)F)cc4)S(=O)(=O)c4ccc(F)cc4)(C2)C3)N1)C1CCC1. The second kappa shape index (κ2) is 9.77. The maximum absolute atomic E-state index is 13.9. The average molecular weight is 607 g/mol. The van der Waals surface area contributed by atoms with Gasteiger partial charge in [-0.05, 0) is 93.8 Å². The van der Waals surface area contributed by atoms with Crippen molar-refractivity contribution in [3.63, 3.8) is 0 Å². The number of carbonyl (C=O) groups is 1. The Bertz CT molecular complexity index is 1500. The van der Waals surface area contributed by atoms with Crippen LogP contribution >= 0.6 is 0 Å². The highest BCUT2D eigenvalue weighted by Crippen LogP contribution is 2.71. The van der Waals surface area contributed by atoms with Gasteiger partial charge < -0.3 is 10.6 Å². The van der Waals surface area contributed by atoms with Crippen LogP contribution in [0.25, 0.3) is 0 Å². The molecule has 1 amide bonds. The molecular weight excluding hydrogens is 572 g/mol. The third-order valence-electron chi connectivity index (χ3n) is 9.71. The van der Waals surface area contributed by atoms with Crippen molar-refractivity contribution < 1.29 is 30.8 Å². The van der Waals surface area contributed by atoms with Crippen LogP contribution < -0.4 is 10.6 Å². The molecule has 5 aliphatic rings. The lowest BCUT2D eigenvalue weighted by molar-refractivity contribution is -0.151. The van der Waals surface area contributed by atoms with Gasteiger partial charge in [0.05, 0.1) is 17.0 Å². The van der Waals surface area contributed by atoms with E-state index >= 15 is 0 Å². The van der Waals surface area contributed by atoms with Crippen molar-refractivity contribution >= 4 is 21.8 Å². The molecule has 1 heterocycles. The van der Waals surface area contributed by atoms with Crippen LogP contribution in [0, 0.1) is 17.2 Å². The largest absolute Gasteiger partial charge is 0.416 e. The Balaban J connectivity index is 1.19. The van der Waals surface area contributed by atoms with Crippen LogP contribution in [0.2, 0.25) is 0 Å². The molecule has 0 aromatic heterocycles. The van der Waals surface area contributed by atoms with Crippen LogP contribution in [0.3, 0.4) is 0 Å². The van der Waals surface area contributed by atoms with Crippen LogP contribution in [-0.2, 0) is 27.5 Å². The molecule has 1 aliphatic heterocycles. The summed E-state index contributed by atoms with van der Waals surface area (Å²) in [4.78, 5) is 17.8. The Hall–Kier alpha value is -2.99. The van der Waals surface area contributed by atoms with Gasteiger partial charge in [0.25, 0.3) is 0 Å². The third kappa shape index (κ3) is 4.80. The second-order valence-corrected chi connectivity index (χ2v) is 14.6. The fraction of sp³-hybridized carbons (Fsp3) is 0.533. The zero-order valence-corrected chi connectivity index (χ0v) is 24.3. The number of nitrogens with zero attached hydrogens (tertiary/aromatic N) is 2. The van der Waals surface area contributed by atoms with Crippen LogP contribution in [0.1, 0.15) is 63.5 Å². The van der Waals surface area contributed by atoms with Gasteiger partial charge in [0.2, 0.25) is 15.9 Å². The summed E-state index contributed by atoms with van der Waals surface area (Å²) in [5.74, 6) is 0.513. The molecule has 226 valence electrons. The molecular formula is C30H34F4N4O3S. The summed E-state index contributed by atoms with van der Waals surface area (Å²) >= 11 is 0.